The number of rotatable bonds is 4. The Morgan fingerprint density at radius 3 is 2.48 bits per heavy atom. The molecule has 1 saturated heterocycles. The molecule has 0 bridgehead atoms. The molecule has 0 atom stereocenters. The Hall–Kier alpha value is -1.44. The van der Waals surface area contributed by atoms with Crippen molar-refractivity contribution in [2.75, 3.05) is 11.9 Å². The fourth-order valence-corrected chi connectivity index (χ4v) is 1.96. The molecule has 2 N–H and O–H groups in total. The third-order valence-electron chi connectivity index (χ3n) is 3.91. The lowest BCUT2D eigenvalue weighted by Gasteiger charge is -2.32. The van der Waals surface area contributed by atoms with E-state index >= 15 is 0 Å². The van der Waals surface area contributed by atoms with Crippen LogP contribution in [0.4, 0.5) is 5.69 Å². The van der Waals surface area contributed by atoms with Crippen LogP contribution in [0.15, 0.2) is 18.5 Å². The van der Waals surface area contributed by atoms with Crippen LogP contribution in [0.2, 0.25) is 0 Å². The van der Waals surface area contributed by atoms with E-state index in [1.165, 1.54) is 0 Å². The molecule has 0 spiro atoms. The summed E-state index contributed by atoms with van der Waals surface area (Å²) in [6, 6.07) is 1.77. The molecule has 0 radical (unpaired) electrons. The maximum absolute atomic E-state index is 11.5. The molecule has 114 valence electrons. The normalized spacial score (nSPS) is 19.6. The highest BCUT2D eigenvalue weighted by atomic mass is 16.7. The largest absolute Gasteiger partial charge is 0.496 e. The molecule has 1 aliphatic heterocycles. The molecule has 0 aliphatic carbocycles. The Labute approximate surface area is 125 Å². The maximum Gasteiger partial charge on any atom is 0.496 e. The van der Waals surface area contributed by atoms with E-state index < -0.39 is 18.3 Å². The van der Waals surface area contributed by atoms with Gasteiger partial charge in [-0.15, -0.1) is 0 Å². The second-order valence-electron chi connectivity index (χ2n) is 6.12. The Morgan fingerprint density at radius 1 is 1.29 bits per heavy atom. The van der Waals surface area contributed by atoms with Gasteiger partial charge in [-0.25, -0.2) is 0 Å². The average molecular weight is 292 g/mol. The number of hydrogen-bond donors (Lipinski definition) is 2. The zero-order valence-electron chi connectivity index (χ0n) is 12.8. The van der Waals surface area contributed by atoms with Gasteiger partial charge in [-0.05, 0) is 33.8 Å². The molecular weight excluding hydrogens is 271 g/mol. The Morgan fingerprint density at radius 2 is 1.90 bits per heavy atom. The van der Waals surface area contributed by atoms with E-state index in [-0.39, 0.29) is 18.9 Å². The molecule has 7 heteroatoms. The quantitative estimate of drug-likeness (QED) is 0.799. The van der Waals surface area contributed by atoms with E-state index in [1.54, 1.807) is 18.5 Å². The van der Waals surface area contributed by atoms with Crippen molar-refractivity contribution in [1.82, 2.24) is 4.98 Å². The highest BCUT2D eigenvalue weighted by Crippen LogP contribution is 2.36. The van der Waals surface area contributed by atoms with E-state index in [1.807, 2.05) is 27.7 Å². The smallest absolute Gasteiger partial charge is 0.399 e. The van der Waals surface area contributed by atoms with Crippen LogP contribution in [0.25, 0.3) is 0 Å². The summed E-state index contributed by atoms with van der Waals surface area (Å²) < 4.78 is 11.9. The number of anilines is 1. The van der Waals surface area contributed by atoms with E-state index in [2.05, 4.69) is 10.3 Å². The van der Waals surface area contributed by atoms with Crippen LogP contribution in [0.3, 0.4) is 0 Å². The Bertz CT molecular complexity index is 517. The minimum absolute atomic E-state index is 0.0563. The first-order valence-electron chi connectivity index (χ1n) is 6.96. The SMILES string of the molecule is CC1(C)OB(c2cncc(NC(=O)CCO)c2)OC1(C)C. The highest BCUT2D eigenvalue weighted by Gasteiger charge is 2.51. The van der Waals surface area contributed by atoms with Gasteiger partial charge >= 0.3 is 7.12 Å². The van der Waals surface area contributed by atoms with Gasteiger partial charge in [0.2, 0.25) is 5.91 Å². The van der Waals surface area contributed by atoms with Gasteiger partial charge in [-0.1, -0.05) is 0 Å². The van der Waals surface area contributed by atoms with Crippen molar-refractivity contribution in [2.45, 2.75) is 45.3 Å². The molecule has 6 nitrogen and oxygen atoms in total. The topological polar surface area (TPSA) is 80.7 Å². The Kier molecular flexibility index (Phi) is 4.36. The number of amides is 1. The van der Waals surface area contributed by atoms with Crippen LogP contribution in [0.1, 0.15) is 34.1 Å². The molecular formula is C14H21BN2O4. The number of carbonyl (C=O) groups excluding carboxylic acids is 1. The predicted octanol–water partition coefficient (Wildman–Crippen LogP) is 0.702. The average Bonchev–Trinajstić information content (AvgIpc) is 2.59. The van der Waals surface area contributed by atoms with E-state index in [9.17, 15) is 4.79 Å². The van der Waals surface area contributed by atoms with Gasteiger partial charge in [0.25, 0.3) is 0 Å². The number of nitrogens with zero attached hydrogens (tertiary/aromatic N) is 1. The molecule has 0 saturated carbocycles. The molecule has 1 aliphatic rings. The molecule has 1 aromatic heterocycles. The second kappa shape index (κ2) is 5.75. The molecule has 1 amide bonds. The summed E-state index contributed by atoms with van der Waals surface area (Å²) in [5.41, 5.74) is 0.456. The van der Waals surface area contributed by atoms with Gasteiger partial charge in [0, 0.05) is 11.7 Å². The number of aliphatic hydroxyl groups excluding tert-OH is 1. The lowest BCUT2D eigenvalue weighted by atomic mass is 9.80. The number of pyridine rings is 1. The summed E-state index contributed by atoms with van der Waals surface area (Å²) in [7, 11) is -0.516. The zero-order chi connectivity index (χ0) is 15.7. The second-order valence-corrected chi connectivity index (χ2v) is 6.12. The number of nitrogens with one attached hydrogen (secondary N) is 1. The van der Waals surface area contributed by atoms with Crippen LogP contribution in [-0.2, 0) is 14.1 Å². The summed E-state index contributed by atoms with van der Waals surface area (Å²) in [5, 5.41) is 11.4. The van der Waals surface area contributed by atoms with Gasteiger partial charge in [0.05, 0.1) is 36.1 Å². The summed E-state index contributed by atoms with van der Waals surface area (Å²) in [5.74, 6) is -0.259. The maximum atomic E-state index is 11.5. The van der Waals surface area contributed by atoms with Gasteiger partial charge in [-0.3, -0.25) is 9.78 Å². The first-order chi connectivity index (χ1) is 9.75. The predicted molar refractivity (Wildman–Crippen MR) is 80.3 cm³/mol. The van der Waals surface area contributed by atoms with Crippen molar-refractivity contribution < 1.29 is 19.2 Å². The molecule has 0 unspecified atom stereocenters. The first-order valence-corrected chi connectivity index (χ1v) is 6.96. The van der Waals surface area contributed by atoms with Crippen LogP contribution in [0, 0.1) is 0 Å². The zero-order valence-corrected chi connectivity index (χ0v) is 12.8. The number of carbonyl (C=O) groups is 1. The summed E-state index contributed by atoms with van der Waals surface area (Å²) in [6.45, 7) is 7.73. The van der Waals surface area contributed by atoms with Gasteiger partial charge in [-0.2, -0.15) is 0 Å². The van der Waals surface area contributed by atoms with Crippen LogP contribution in [-0.4, -0.2) is 40.9 Å². The van der Waals surface area contributed by atoms with Crippen LogP contribution >= 0.6 is 0 Å². The Balaban J connectivity index is 2.14. The number of aliphatic hydroxyl groups is 1. The van der Waals surface area contributed by atoms with Crippen LogP contribution in [0.5, 0.6) is 0 Å². The van der Waals surface area contributed by atoms with Crippen molar-refractivity contribution >= 4 is 24.2 Å². The van der Waals surface area contributed by atoms with Crippen LogP contribution < -0.4 is 10.8 Å². The minimum atomic E-state index is -0.516. The monoisotopic (exact) mass is 292 g/mol. The molecule has 2 rings (SSSR count). The van der Waals surface area contributed by atoms with Crippen molar-refractivity contribution in [3.63, 3.8) is 0 Å². The van der Waals surface area contributed by atoms with Gasteiger partial charge in [0.15, 0.2) is 0 Å². The van der Waals surface area contributed by atoms with Gasteiger partial charge in [0.1, 0.15) is 0 Å². The molecule has 1 aromatic rings. The van der Waals surface area contributed by atoms with E-state index in [0.717, 1.165) is 5.46 Å². The molecule has 21 heavy (non-hydrogen) atoms. The minimum Gasteiger partial charge on any atom is -0.399 e. The van der Waals surface area contributed by atoms with Crippen molar-refractivity contribution in [3.8, 4) is 0 Å². The van der Waals surface area contributed by atoms with Crippen molar-refractivity contribution in [2.24, 2.45) is 0 Å². The molecule has 1 fully saturated rings. The van der Waals surface area contributed by atoms with E-state index in [0.29, 0.717) is 5.69 Å². The standard InChI is InChI=1S/C14H21BN2O4/c1-13(2)14(3,4)21-15(20-13)10-7-11(9-16-8-10)17-12(19)5-6-18/h7-9,18H,5-6H2,1-4H3,(H,17,19). The number of hydrogen-bond acceptors (Lipinski definition) is 5. The lowest BCUT2D eigenvalue weighted by Crippen LogP contribution is -2.41. The third kappa shape index (κ3) is 3.43. The summed E-state index contributed by atoms with van der Waals surface area (Å²) in [4.78, 5) is 15.6. The summed E-state index contributed by atoms with van der Waals surface area (Å²) in [6.07, 6.45) is 3.26. The third-order valence-corrected chi connectivity index (χ3v) is 3.91. The number of aromatic nitrogens is 1. The highest BCUT2D eigenvalue weighted by molar-refractivity contribution is 6.62. The van der Waals surface area contributed by atoms with Crippen molar-refractivity contribution in [3.05, 3.63) is 18.5 Å². The lowest BCUT2D eigenvalue weighted by molar-refractivity contribution is -0.116. The first kappa shape index (κ1) is 15.9. The fourth-order valence-electron chi connectivity index (χ4n) is 1.96. The fraction of sp³-hybridized carbons (Fsp3) is 0.571. The van der Waals surface area contributed by atoms with Gasteiger partial charge < -0.3 is 19.7 Å². The van der Waals surface area contributed by atoms with E-state index in [4.69, 9.17) is 14.4 Å². The van der Waals surface area contributed by atoms with Crippen molar-refractivity contribution in [1.29, 1.82) is 0 Å². The molecule has 0 aromatic carbocycles. The summed E-state index contributed by atoms with van der Waals surface area (Å²) >= 11 is 0. The molecule has 2 heterocycles.